The lowest BCUT2D eigenvalue weighted by Crippen LogP contribution is -2.56. The van der Waals surface area contributed by atoms with Crippen molar-refractivity contribution in [2.45, 2.75) is 37.9 Å². The van der Waals surface area contributed by atoms with Crippen LogP contribution >= 0.6 is 0 Å². The van der Waals surface area contributed by atoms with Gasteiger partial charge in [0.15, 0.2) is 11.5 Å². The molecule has 0 saturated carbocycles. The zero-order valence-electron chi connectivity index (χ0n) is 17.2. The van der Waals surface area contributed by atoms with E-state index in [0.29, 0.717) is 17.8 Å². The van der Waals surface area contributed by atoms with Gasteiger partial charge < -0.3 is 9.47 Å². The number of rotatable bonds is 7. The van der Waals surface area contributed by atoms with Gasteiger partial charge in [0, 0.05) is 31.7 Å². The van der Waals surface area contributed by atoms with Crippen molar-refractivity contribution >= 4 is 0 Å². The fourth-order valence-electron chi connectivity index (χ4n) is 4.71. The van der Waals surface area contributed by atoms with Crippen molar-refractivity contribution in [2.24, 2.45) is 0 Å². The van der Waals surface area contributed by atoms with Crippen LogP contribution in [0.1, 0.15) is 24.0 Å². The van der Waals surface area contributed by atoms with E-state index < -0.39 is 0 Å². The second-order valence-electron chi connectivity index (χ2n) is 8.04. The summed E-state index contributed by atoms with van der Waals surface area (Å²) in [5, 5.41) is 0. The van der Waals surface area contributed by atoms with Crippen LogP contribution in [0.2, 0.25) is 0 Å². The third-order valence-electron chi connectivity index (χ3n) is 6.14. The Morgan fingerprint density at radius 2 is 1.93 bits per heavy atom. The smallest absolute Gasteiger partial charge is 0.162 e. The predicted molar refractivity (Wildman–Crippen MR) is 116 cm³/mol. The molecular weight excluding hydrogens is 360 g/mol. The highest BCUT2D eigenvalue weighted by Gasteiger charge is 2.36. The van der Waals surface area contributed by atoms with E-state index in [-0.39, 0.29) is 6.61 Å². The first-order chi connectivity index (χ1) is 14.3. The number of fused-ring (bicyclic) bond motifs is 1. The van der Waals surface area contributed by atoms with Gasteiger partial charge in [0.1, 0.15) is 6.61 Å². The minimum atomic E-state index is 0.249. The topological polar surface area (TPSA) is 24.9 Å². The lowest BCUT2D eigenvalue weighted by Gasteiger charge is -2.44. The van der Waals surface area contributed by atoms with Gasteiger partial charge in [-0.3, -0.25) is 9.80 Å². The minimum absolute atomic E-state index is 0.249. The van der Waals surface area contributed by atoms with Gasteiger partial charge in [-0.25, -0.2) is 0 Å². The molecule has 4 rings (SSSR count). The second kappa shape index (κ2) is 9.35. The fourth-order valence-corrected chi connectivity index (χ4v) is 4.71. The summed E-state index contributed by atoms with van der Waals surface area (Å²) in [7, 11) is 1.68. The zero-order chi connectivity index (χ0) is 20.1. The summed E-state index contributed by atoms with van der Waals surface area (Å²) in [6.45, 7) is 4.71. The molecule has 2 aromatic carbocycles. The van der Waals surface area contributed by atoms with Gasteiger partial charge in [0.2, 0.25) is 0 Å². The highest BCUT2D eigenvalue weighted by atomic mass is 16.5. The van der Waals surface area contributed by atoms with Crippen LogP contribution in [-0.4, -0.2) is 55.2 Å². The molecule has 0 amide bonds. The molecule has 2 atom stereocenters. The summed E-state index contributed by atoms with van der Waals surface area (Å²) in [5.41, 5.74) is 2.66. The van der Waals surface area contributed by atoms with Gasteiger partial charge in [-0.05, 0) is 49.1 Å². The van der Waals surface area contributed by atoms with Crippen molar-refractivity contribution < 1.29 is 9.47 Å². The third kappa shape index (κ3) is 4.75. The maximum absolute atomic E-state index is 5.60. The van der Waals surface area contributed by atoms with Gasteiger partial charge in [0.05, 0.1) is 7.11 Å². The fraction of sp³-hybridized carbons (Fsp3) is 0.440. The van der Waals surface area contributed by atoms with Crippen LogP contribution in [-0.2, 0) is 13.0 Å². The lowest BCUT2D eigenvalue weighted by atomic mass is 9.99. The number of methoxy groups -OCH3 is 1. The number of ether oxygens (including phenoxy) is 2. The van der Waals surface area contributed by atoms with Crippen molar-refractivity contribution in [3.8, 4) is 23.8 Å². The van der Waals surface area contributed by atoms with E-state index in [9.17, 15) is 0 Å². The number of benzene rings is 2. The molecular formula is C25H30N2O2. The molecule has 4 nitrogen and oxygen atoms in total. The maximum atomic E-state index is 5.60. The normalized spacial score (nSPS) is 22.1. The van der Waals surface area contributed by atoms with Gasteiger partial charge in [-0.15, -0.1) is 6.42 Å². The molecule has 0 spiro atoms. The van der Waals surface area contributed by atoms with E-state index in [1.807, 2.05) is 6.07 Å². The largest absolute Gasteiger partial charge is 0.493 e. The Morgan fingerprint density at radius 3 is 2.72 bits per heavy atom. The Labute approximate surface area is 174 Å². The van der Waals surface area contributed by atoms with Crippen LogP contribution < -0.4 is 9.47 Å². The Bertz CT molecular complexity index is 846. The second-order valence-corrected chi connectivity index (χ2v) is 8.04. The quantitative estimate of drug-likeness (QED) is 0.675. The number of terminal acetylenes is 1. The van der Waals surface area contributed by atoms with Gasteiger partial charge in [-0.2, -0.15) is 0 Å². The molecule has 0 radical (unpaired) electrons. The minimum Gasteiger partial charge on any atom is -0.493 e. The van der Waals surface area contributed by atoms with E-state index in [2.05, 4.69) is 58.2 Å². The maximum Gasteiger partial charge on any atom is 0.162 e. The highest BCUT2D eigenvalue weighted by Crippen LogP contribution is 2.31. The van der Waals surface area contributed by atoms with Crippen molar-refractivity contribution in [2.75, 3.05) is 33.4 Å². The molecule has 2 fully saturated rings. The zero-order valence-corrected chi connectivity index (χ0v) is 17.2. The first-order valence-corrected chi connectivity index (χ1v) is 10.5. The summed E-state index contributed by atoms with van der Waals surface area (Å²) in [5.74, 6) is 3.96. The Kier molecular flexibility index (Phi) is 6.39. The third-order valence-corrected chi connectivity index (χ3v) is 6.14. The Hall–Kier alpha value is -2.48. The van der Waals surface area contributed by atoms with Crippen LogP contribution in [0.4, 0.5) is 0 Å². The highest BCUT2D eigenvalue weighted by molar-refractivity contribution is 5.43. The standard InChI is InChI=1S/C25H30N2O2/c1-3-14-29-24-12-11-21(16-25(24)28-2)17-27-18-22-10-7-13-26(22)19-23(27)15-20-8-5-4-6-9-20/h1,4-6,8-9,11-12,16,22-23H,7,10,13-15,17-19H2,2H3/t22-,23+/m0/s1. The van der Waals surface area contributed by atoms with Gasteiger partial charge in [-0.1, -0.05) is 42.3 Å². The molecule has 0 aromatic heterocycles. The molecule has 2 aliphatic heterocycles. The summed E-state index contributed by atoms with van der Waals surface area (Å²) in [6.07, 6.45) is 9.05. The first-order valence-electron chi connectivity index (χ1n) is 10.5. The first kappa shape index (κ1) is 19.8. The molecule has 2 saturated heterocycles. The van der Waals surface area contributed by atoms with E-state index in [1.165, 1.54) is 30.5 Å². The Morgan fingerprint density at radius 1 is 1.07 bits per heavy atom. The summed E-state index contributed by atoms with van der Waals surface area (Å²) in [4.78, 5) is 5.36. The van der Waals surface area contributed by atoms with Crippen molar-refractivity contribution in [1.29, 1.82) is 0 Å². The van der Waals surface area contributed by atoms with Crippen molar-refractivity contribution in [1.82, 2.24) is 9.80 Å². The molecule has 0 aliphatic carbocycles. The van der Waals surface area contributed by atoms with E-state index in [4.69, 9.17) is 15.9 Å². The molecule has 152 valence electrons. The van der Waals surface area contributed by atoms with Gasteiger partial charge in [0.25, 0.3) is 0 Å². The van der Waals surface area contributed by atoms with Crippen LogP contribution in [0, 0.1) is 12.3 Å². The average Bonchev–Trinajstić information content (AvgIpc) is 3.21. The van der Waals surface area contributed by atoms with E-state index >= 15 is 0 Å². The number of nitrogens with zero attached hydrogens (tertiary/aromatic N) is 2. The molecule has 0 bridgehead atoms. The van der Waals surface area contributed by atoms with Crippen molar-refractivity contribution in [3.63, 3.8) is 0 Å². The summed E-state index contributed by atoms with van der Waals surface area (Å²) < 4.78 is 11.1. The van der Waals surface area contributed by atoms with Crippen LogP contribution in [0.5, 0.6) is 11.5 Å². The molecule has 2 heterocycles. The summed E-state index contributed by atoms with van der Waals surface area (Å²) >= 11 is 0. The summed E-state index contributed by atoms with van der Waals surface area (Å²) in [6, 6.07) is 18.3. The molecule has 2 aromatic rings. The average molecular weight is 391 g/mol. The monoisotopic (exact) mass is 390 g/mol. The number of hydrogen-bond donors (Lipinski definition) is 0. The number of hydrogen-bond acceptors (Lipinski definition) is 4. The molecule has 0 N–H and O–H groups in total. The van der Waals surface area contributed by atoms with Crippen LogP contribution in [0.15, 0.2) is 48.5 Å². The Balaban J connectivity index is 1.51. The molecule has 2 aliphatic rings. The van der Waals surface area contributed by atoms with Crippen LogP contribution in [0.3, 0.4) is 0 Å². The lowest BCUT2D eigenvalue weighted by molar-refractivity contribution is 0.0455. The molecule has 4 heteroatoms. The van der Waals surface area contributed by atoms with E-state index in [1.54, 1.807) is 7.11 Å². The number of piperazine rings is 1. The molecule has 29 heavy (non-hydrogen) atoms. The van der Waals surface area contributed by atoms with Gasteiger partial charge >= 0.3 is 0 Å². The van der Waals surface area contributed by atoms with Crippen molar-refractivity contribution in [3.05, 3.63) is 59.7 Å². The molecule has 0 unspecified atom stereocenters. The van der Waals surface area contributed by atoms with E-state index in [0.717, 1.165) is 31.8 Å². The SMILES string of the molecule is C#CCOc1ccc(CN2C[C@@H]3CCCN3C[C@H]2Cc2ccccc2)cc1OC. The predicted octanol–water partition coefficient (Wildman–Crippen LogP) is 3.60. The van der Waals surface area contributed by atoms with Crippen LogP contribution in [0.25, 0.3) is 0 Å².